The molecule has 0 unspecified atom stereocenters. The smallest absolute Gasteiger partial charge is 0.205 e. The lowest BCUT2D eigenvalue weighted by molar-refractivity contribution is 0.354. The highest BCUT2D eigenvalue weighted by molar-refractivity contribution is 7.15. The van der Waals surface area contributed by atoms with Crippen LogP contribution in [0.4, 0.5) is 5.13 Å². The summed E-state index contributed by atoms with van der Waals surface area (Å²) >= 11 is 7.74. The predicted octanol–water partition coefficient (Wildman–Crippen LogP) is 3.86. The Kier molecular flexibility index (Phi) is 3.81. The normalized spacial score (nSPS) is 13.4. The Morgan fingerprint density at radius 1 is 1.40 bits per heavy atom. The van der Waals surface area contributed by atoms with Crippen LogP contribution in [0, 0.1) is 0 Å². The Hall–Kier alpha value is -1.33. The highest BCUT2D eigenvalue weighted by Gasteiger charge is 2.17. The fourth-order valence-electron chi connectivity index (χ4n) is 2.19. The van der Waals surface area contributed by atoms with Crippen LogP contribution in [0.25, 0.3) is 0 Å². The SMILES string of the molecule is CC(C)c1nnc(NCc2cc(Cl)cc3c2OCC3)s1. The first-order valence-electron chi connectivity index (χ1n) is 6.65. The molecule has 0 spiro atoms. The minimum Gasteiger partial charge on any atom is -0.493 e. The van der Waals surface area contributed by atoms with E-state index >= 15 is 0 Å². The van der Waals surface area contributed by atoms with Gasteiger partial charge in [-0.2, -0.15) is 0 Å². The van der Waals surface area contributed by atoms with Gasteiger partial charge in [-0.05, 0) is 17.7 Å². The third-order valence-electron chi connectivity index (χ3n) is 3.19. The van der Waals surface area contributed by atoms with Crippen LogP contribution >= 0.6 is 22.9 Å². The van der Waals surface area contributed by atoms with Gasteiger partial charge in [-0.25, -0.2) is 0 Å². The topological polar surface area (TPSA) is 47.0 Å². The van der Waals surface area contributed by atoms with Crippen molar-refractivity contribution in [3.63, 3.8) is 0 Å². The first kappa shape index (κ1) is 13.6. The summed E-state index contributed by atoms with van der Waals surface area (Å²) < 4.78 is 5.69. The lowest BCUT2D eigenvalue weighted by atomic mass is 10.1. The number of hydrogen-bond donors (Lipinski definition) is 1. The standard InChI is InChI=1S/C14H16ClN3OS/c1-8(2)13-17-18-14(20-13)16-7-10-6-11(15)5-9-3-4-19-12(9)10/h5-6,8H,3-4,7H2,1-2H3,(H,16,18). The van der Waals surface area contributed by atoms with Crippen LogP contribution in [0.1, 0.15) is 35.9 Å². The van der Waals surface area contributed by atoms with Crippen LogP contribution in [-0.4, -0.2) is 16.8 Å². The molecule has 0 aliphatic carbocycles. The van der Waals surface area contributed by atoms with E-state index in [0.717, 1.165) is 39.5 Å². The summed E-state index contributed by atoms with van der Waals surface area (Å²) in [6.45, 7) is 5.61. The molecule has 106 valence electrons. The van der Waals surface area contributed by atoms with Crippen molar-refractivity contribution in [1.29, 1.82) is 0 Å². The fourth-order valence-corrected chi connectivity index (χ4v) is 3.19. The Morgan fingerprint density at radius 3 is 3.00 bits per heavy atom. The van der Waals surface area contributed by atoms with Gasteiger partial charge in [0.2, 0.25) is 5.13 Å². The van der Waals surface area contributed by atoms with Gasteiger partial charge in [-0.3, -0.25) is 0 Å². The van der Waals surface area contributed by atoms with Gasteiger partial charge < -0.3 is 10.1 Å². The molecular weight excluding hydrogens is 294 g/mol. The van der Waals surface area contributed by atoms with Crippen molar-refractivity contribution < 1.29 is 4.74 Å². The Morgan fingerprint density at radius 2 is 2.25 bits per heavy atom. The number of nitrogens with one attached hydrogen (secondary N) is 1. The van der Waals surface area contributed by atoms with Crippen molar-refractivity contribution in [2.75, 3.05) is 11.9 Å². The van der Waals surface area contributed by atoms with E-state index in [1.165, 1.54) is 5.56 Å². The molecule has 0 saturated heterocycles. The van der Waals surface area contributed by atoms with E-state index in [2.05, 4.69) is 29.4 Å². The molecule has 0 radical (unpaired) electrons. The van der Waals surface area contributed by atoms with Gasteiger partial charge in [0, 0.05) is 29.5 Å². The molecule has 0 amide bonds. The molecule has 1 aliphatic rings. The number of anilines is 1. The molecule has 6 heteroatoms. The van der Waals surface area contributed by atoms with E-state index < -0.39 is 0 Å². The summed E-state index contributed by atoms with van der Waals surface area (Å²) in [5, 5.41) is 14.2. The molecule has 2 aromatic rings. The second-order valence-electron chi connectivity index (χ2n) is 5.11. The molecule has 0 saturated carbocycles. The summed E-state index contributed by atoms with van der Waals surface area (Å²) in [6.07, 6.45) is 0.930. The molecule has 0 bridgehead atoms. The second kappa shape index (κ2) is 5.58. The minimum absolute atomic E-state index is 0.404. The number of rotatable bonds is 4. The molecule has 20 heavy (non-hydrogen) atoms. The molecule has 0 fully saturated rings. The van der Waals surface area contributed by atoms with Gasteiger partial charge in [0.05, 0.1) is 6.61 Å². The predicted molar refractivity (Wildman–Crippen MR) is 82.0 cm³/mol. The number of hydrogen-bond acceptors (Lipinski definition) is 5. The van der Waals surface area contributed by atoms with Crippen LogP contribution in [0.15, 0.2) is 12.1 Å². The van der Waals surface area contributed by atoms with E-state index in [4.69, 9.17) is 16.3 Å². The molecule has 1 aliphatic heterocycles. The Labute approximate surface area is 127 Å². The average molecular weight is 310 g/mol. The van der Waals surface area contributed by atoms with E-state index in [1.54, 1.807) is 11.3 Å². The van der Waals surface area contributed by atoms with Gasteiger partial charge in [0.15, 0.2) is 0 Å². The van der Waals surface area contributed by atoms with E-state index in [0.29, 0.717) is 12.5 Å². The molecule has 1 N–H and O–H groups in total. The molecule has 3 rings (SSSR count). The average Bonchev–Trinajstić information content (AvgIpc) is 3.04. The van der Waals surface area contributed by atoms with Crippen LogP contribution in [0.5, 0.6) is 5.75 Å². The van der Waals surface area contributed by atoms with Gasteiger partial charge in [-0.1, -0.05) is 36.8 Å². The lowest BCUT2D eigenvalue weighted by Crippen LogP contribution is -2.01. The third-order valence-corrected chi connectivity index (χ3v) is 4.59. The number of fused-ring (bicyclic) bond motifs is 1. The van der Waals surface area contributed by atoms with Crippen molar-refractivity contribution in [3.05, 3.63) is 33.3 Å². The molecule has 1 aromatic carbocycles. The summed E-state index contributed by atoms with van der Waals surface area (Å²) in [7, 11) is 0. The maximum Gasteiger partial charge on any atom is 0.205 e. The summed E-state index contributed by atoms with van der Waals surface area (Å²) in [4.78, 5) is 0. The lowest BCUT2D eigenvalue weighted by Gasteiger charge is -2.09. The van der Waals surface area contributed by atoms with Gasteiger partial charge in [0.25, 0.3) is 0 Å². The zero-order valence-corrected chi connectivity index (χ0v) is 13.0. The van der Waals surface area contributed by atoms with E-state index in [9.17, 15) is 0 Å². The number of aromatic nitrogens is 2. The van der Waals surface area contributed by atoms with Crippen LogP contribution in [-0.2, 0) is 13.0 Å². The molecule has 2 heterocycles. The van der Waals surface area contributed by atoms with Crippen molar-refractivity contribution in [2.45, 2.75) is 32.7 Å². The molecule has 4 nitrogen and oxygen atoms in total. The number of ether oxygens (including phenoxy) is 1. The van der Waals surface area contributed by atoms with Crippen molar-refractivity contribution in [2.24, 2.45) is 0 Å². The Bertz CT molecular complexity index is 627. The van der Waals surface area contributed by atoms with Gasteiger partial charge in [0.1, 0.15) is 10.8 Å². The minimum atomic E-state index is 0.404. The van der Waals surface area contributed by atoms with E-state index in [-0.39, 0.29) is 0 Å². The zero-order valence-electron chi connectivity index (χ0n) is 11.4. The quantitative estimate of drug-likeness (QED) is 0.931. The number of nitrogens with zero attached hydrogens (tertiary/aromatic N) is 2. The van der Waals surface area contributed by atoms with Gasteiger partial charge >= 0.3 is 0 Å². The van der Waals surface area contributed by atoms with Crippen molar-refractivity contribution >= 4 is 28.1 Å². The summed E-state index contributed by atoms with van der Waals surface area (Å²) in [6, 6.07) is 3.93. The summed E-state index contributed by atoms with van der Waals surface area (Å²) in [5.74, 6) is 1.37. The molecule has 1 aromatic heterocycles. The first-order valence-corrected chi connectivity index (χ1v) is 7.84. The fraction of sp³-hybridized carbons (Fsp3) is 0.429. The maximum atomic E-state index is 6.15. The van der Waals surface area contributed by atoms with Crippen LogP contribution in [0.3, 0.4) is 0 Å². The summed E-state index contributed by atoms with van der Waals surface area (Å²) in [5.41, 5.74) is 2.26. The first-order chi connectivity index (χ1) is 9.63. The zero-order chi connectivity index (χ0) is 14.1. The van der Waals surface area contributed by atoms with Gasteiger partial charge in [-0.15, -0.1) is 10.2 Å². The largest absolute Gasteiger partial charge is 0.493 e. The monoisotopic (exact) mass is 309 g/mol. The number of halogens is 1. The third kappa shape index (κ3) is 2.74. The number of benzene rings is 1. The maximum absolute atomic E-state index is 6.15. The molecular formula is C14H16ClN3OS. The van der Waals surface area contributed by atoms with Crippen LogP contribution in [0.2, 0.25) is 5.02 Å². The Balaban J connectivity index is 1.75. The van der Waals surface area contributed by atoms with E-state index in [1.807, 2.05) is 12.1 Å². The van der Waals surface area contributed by atoms with Crippen molar-refractivity contribution in [1.82, 2.24) is 10.2 Å². The molecule has 0 atom stereocenters. The second-order valence-corrected chi connectivity index (χ2v) is 6.55. The highest BCUT2D eigenvalue weighted by Crippen LogP contribution is 2.33. The van der Waals surface area contributed by atoms with Crippen LogP contribution < -0.4 is 10.1 Å². The highest BCUT2D eigenvalue weighted by atomic mass is 35.5. The van der Waals surface area contributed by atoms with Crippen molar-refractivity contribution in [3.8, 4) is 5.75 Å².